The van der Waals surface area contributed by atoms with E-state index in [1.54, 1.807) is 0 Å². The van der Waals surface area contributed by atoms with Crippen LogP contribution in [0.3, 0.4) is 0 Å². The molecule has 0 radical (unpaired) electrons. The van der Waals surface area contributed by atoms with Crippen LogP contribution in [-0.4, -0.2) is 25.0 Å². The number of aryl methyl sites for hydroxylation is 1. The predicted molar refractivity (Wildman–Crippen MR) is 80.8 cm³/mol. The first-order valence-electron chi connectivity index (χ1n) is 7.93. The van der Waals surface area contributed by atoms with Crippen molar-refractivity contribution in [1.82, 2.24) is 10.6 Å². The molecule has 1 aliphatic heterocycles. The quantitative estimate of drug-likeness (QED) is 0.883. The molecule has 1 aliphatic carbocycles. The highest BCUT2D eigenvalue weighted by molar-refractivity contribution is 5.84. The zero-order valence-corrected chi connectivity index (χ0v) is 12.0. The molecule has 1 aromatic carbocycles. The Morgan fingerprint density at radius 3 is 3.00 bits per heavy atom. The molecule has 3 nitrogen and oxygen atoms in total. The highest BCUT2D eigenvalue weighted by Crippen LogP contribution is 2.31. The molecule has 0 saturated carbocycles. The van der Waals surface area contributed by atoms with Gasteiger partial charge in [0.1, 0.15) is 0 Å². The number of carbonyl (C=O) groups is 1. The standard InChI is InChI=1S/C17H24N2O/c20-17(19-12-10-14-7-4-11-18-14)16-9-3-6-13-5-1-2-8-15(13)16/h1-2,5,8,14,16,18H,3-4,6-7,9-12H2,(H,19,20)/t14-,16?/m1/s1. The van der Waals surface area contributed by atoms with Gasteiger partial charge in [-0.2, -0.15) is 0 Å². The summed E-state index contributed by atoms with van der Waals surface area (Å²) in [5, 5.41) is 6.62. The Kier molecular flexibility index (Phi) is 4.36. The van der Waals surface area contributed by atoms with E-state index in [1.165, 1.54) is 24.0 Å². The Labute approximate surface area is 121 Å². The van der Waals surface area contributed by atoms with Gasteiger partial charge in [0.25, 0.3) is 0 Å². The normalized spacial score (nSPS) is 25.2. The summed E-state index contributed by atoms with van der Waals surface area (Å²) in [7, 11) is 0. The van der Waals surface area contributed by atoms with Crippen LogP contribution in [0.15, 0.2) is 24.3 Å². The molecule has 1 aromatic rings. The van der Waals surface area contributed by atoms with Gasteiger partial charge in [-0.3, -0.25) is 4.79 Å². The lowest BCUT2D eigenvalue weighted by molar-refractivity contribution is -0.122. The summed E-state index contributed by atoms with van der Waals surface area (Å²) in [5.74, 6) is 0.284. The van der Waals surface area contributed by atoms with Gasteiger partial charge in [0.2, 0.25) is 5.91 Å². The number of fused-ring (bicyclic) bond motifs is 1. The average molecular weight is 272 g/mol. The lowest BCUT2D eigenvalue weighted by atomic mass is 9.82. The second-order valence-corrected chi connectivity index (χ2v) is 6.02. The number of rotatable bonds is 4. The van der Waals surface area contributed by atoms with Crippen molar-refractivity contribution in [3.63, 3.8) is 0 Å². The largest absolute Gasteiger partial charge is 0.356 e. The SMILES string of the molecule is O=C(NCC[C@H]1CCCN1)C1CCCc2ccccc21. The Bertz CT molecular complexity index is 466. The molecule has 1 fully saturated rings. The van der Waals surface area contributed by atoms with Gasteiger partial charge in [-0.05, 0) is 56.2 Å². The van der Waals surface area contributed by atoms with E-state index in [2.05, 4.69) is 28.8 Å². The van der Waals surface area contributed by atoms with Gasteiger partial charge >= 0.3 is 0 Å². The van der Waals surface area contributed by atoms with Crippen molar-refractivity contribution in [3.8, 4) is 0 Å². The molecule has 2 N–H and O–H groups in total. The van der Waals surface area contributed by atoms with Crippen LogP contribution in [0.1, 0.15) is 49.1 Å². The summed E-state index contributed by atoms with van der Waals surface area (Å²) >= 11 is 0. The summed E-state index contributed by atoms with van der Waals surface area (Å²) in [5.41, 5.74) is 2.60. The summed E-state index contributed by atoms with van der Waals surface area (Å²) in [4.78, 5) is 12.4. The summed E-state index contributed by atoms with van der Waals surface area (Å²) in [6.07, 6.45) is 6.81. The zero-order valence-electron chi connectivity index (χ0n) is 12.0. The molecule has 2 aliphatic rings. The van der Waals surface area contributed by atoms with E-state index in [0.29, 0.717) is 6.04 Å². The minimum atomic E-state index is 0.0662. The van der Waals surface area contributed by atoms with Crippen molar-refractivity contribution in [2.24, 2.45) is 0 Å². The summed E-state index contributed by atoms with van der Waals surface area (Å²) in [6, 6.07) is 9.01. The molecular formula is C17H24N2O. The average Bonchev–Trinajstić information content (AvgIpc) is 3.00. The number of amides is 1. The molecule has 3 rings (SSSR count). The van der Waals surface area contributed by atoms with Crippen molar-refractivity contribution >= 4 is 5.91 Å². The maximum Gasteiger partial charge on any atom is 0.227 e. The molecule has 0 bridgehead atoms. The number of benzene rings is 1. The third kappa shape index (κ3) is 3.04. The molecule has 20 heavy (non-hydrogen) atoms. The Morgan fingerprint density at radius 1 is 1.25 bits per heavy atom. The van der Waals surface area contributed by atoms with Crippen LogP contribution in [-0.2, 0) is 11.2 Å². The molecule has 1 heterocycles. The lowest BCUT2D eigenvalue weighted by Crippen LogP contribution is -2.34. The maximum atomic E-state index is 12.4. The van der Waals surface area contributed by atoms with E-state index in [4.69, 9.17) is 0 Å². The number of carbonyl (C=O) groups excluding carboxylic acids is 1. The van der Waals surface area contributed by atoms with Gasteiger partial charge in [0.15, 0.2) is 0 Å². The van der Waals surface area contributed by atoms with Crippen molar-refractivity contribution in [2.75, 3.05) is 13.1 Å². The zero-order chi connectivity index (χ0) is 13.8. The Balaban J connectivity index is 1.55. The topological polar surface area (TPSA) is 41.1 Å². The first-order chi connectivity index (χ1) is 9.84. The van der Waals surface area contributed by atoms with Crippen LogP contribution in [0.5, 0.6) is 0 Å². The number of nitrogens with one attached hydrogen (secondary N) is 2. The van der Waals surface area contributed by atoms with Crippen LogP contribution >= 0.6 is 0 Å². The molecule has 1 amide bonds. The van der Waals surface area contributed by atoms with Crippen molar-refractivity contribution in [1.29, 1.82) is 0 Å². The fourth-order valence-electron chi connectivity index (χ4n) is 3.52. The second-order valence-electron chi connectivity index (χ2n) is 6.02. The number of hydrogen-bond acceptors (Lipinski definition) is 2. The fraction of sp³-hybridized carbons (Fsp3) is 0.588. The van der Waals surface area contributed by atoms with Crippen LogP contribution in [0.4, 0.5) is 0 Å². The predicted octanol–water partition coefficient (Wildman–Crippen LogP) is 2.36. The van der Waals surface area contributed by atoms with E-state index in [-0.39, 0.29) is 11.8 Å². The fourth-order valence-corrected chi connectivity index (χ4v) is 3.52. The lowest BCUT2D eigenvalue weighted by Gasteiger charge is -2.24. The van der Waals surface area contributed by atoms with Gasteiger partial charge < -0.3 is 10.6 Å². The van der Waals surface area contributed by atoms with Crippen molar-refractivity contribution in [2.45, 2.75) is 50.5 Å². The molecule has 1 saturated heterocycles. The van der Waals surface area contributed by atoms with Crippen molar-refractivity contribution in [3.05, 3.63) is 35.4 Å². The van der Waals surface area contributed by atoms with Gasteiger partial charge in [-0.15, -0.1) is 0 Å². The molecule has 1 unspecified atom stereocenters. The molecule has 0 aromatic heterocycles. The Morgan fingerprint density at radius 2 is 2.15 bits per heavy atom. The van der Waals surface area contributed by atoms with E-state index < -0.39 is 0 Å². The van der Waals surface area contributed by atoms with Gasteiger partial charge in [0.05, 0.1) is 5.92 Å². The van der Waals surface area contributed by atoms with E-state index in [1.807, 2.05) is 6.07 Å². The monoisotopic (exact) mass is 272 g/mol. The Hall–Kier alpha value is -1.35. The third-order valence-electron chi connectivity index (χ3n) is 4.64. The molecule has 108 valence electrons. The van der Waals surface area contributed by atoms with Crippen LogP contribution < -0.4 is 10.6 Å². The summed E-state index contributed by atoms with van der Waals surface area (Å²) in [6.45, 7) is 1.93. The highest BCUT2D eigenvalue weighted by Gasteiger charge is 2.26. The van der Waals surface area contributed by atoms with Gasteiger partial charge in [-0.1, -0.05) is 24.3 Å². The summed E-state index contributed by atoms with van der Waals surface area (Å²) < 4.78 is 0. The third-order valence-corrected chi connectivity index (χ3v) is 4.64. The smallest absolute Gasteiger partial charge is 0.227 e. The second kappa shape index (κ2) is 6.40. The van der Waals surface area contributed by atoms with E-state index in [9.17, 15) is 4.79 Å². The first kappa shape index (κ1) is 13.6. The van der Waals surface area contributed by atoms with E-state index >= 15 is 0 Å². The number of hydrogen-bond donors (Lipinski definition) is 2. The van der Waals surface area contributed by atoms with E-state index in [0.717, 1.165) is 38.8 Å². The maximum absolute atomic E-state index is 12.4. The minimum Gasteiger partial charge on any atom is -0.356 e. The minimum absolute atomic E-state index is 0.0662. The van der Waals surface area contributed by atoms with Crippen LogP contribution in [0, 0.1) is 0 Å². The molecular weight excluding hydrogens is 248 g/mol. The molecule has 3 heteroatoms. The van der Waals surface area contributed by atoms with Gasteiger partial charge in [0, 0.05) is 12.6 Å². The van der Waals surface area contributed by atoms with Crippen LogP contribution in [0.2, 0.25) is 0 Å². The molecule has 0 spiro atoms. The van der Waals surface area contributed by atoms with Crippen molar-refractivity contribution < 1.29 is 4.79 Å². The first-order valence-corrected chi connectivity index (χ1v) is 7.93. The van der Waals surface area contributed by atoms with Crippen LogP contribution in [0.25, 0.3) is 0 Å². The molecule has 2 atom stereocenters. The van der Waals surface area contributed by atoms with Gasteiger partial charge in [-0.25, -0.2) is 0 Å². The highest BCUT2D eigenvalue weighted by atomic mass is 16.1.